The Kier molecular flexibility index (Phi) is 8.31. The van der Waals surface area contributed by atoms with E-state index in [4.69, 9.17) is 16.3 Å². The molecule has 0 unspecified atom stereocenters. The van der Waals surface area contributed by atoms with Crippen molar-refractivity contribution in [2.24, 2.45) is 0 Å². The van der Waals surface area contributed by atoms with Crippen molar-refractivity contribution in [3.05, 3.63) is 71.1 Å². The largest absolute Gasteiger partial charge is 0.483 e. The van der Waals surface area contributed by atoms with Crippen molar-refractivity contribution in [2.75, 3.05) is 42.8 Å². The van der Waals surface area contributed by atoms with E-state index >= 15 is 0 Å². The molecule has 0 radical (unpaired) electrons. The number of nitrogens with one attached hydrogen (secondary N) is 1. The summed E-state index contributed by atoms with van der Waals surface area (Å²) in [6, 6.07) is 16.7. The number of hydrogen-bond donors (Lipinski definition) is 1. The molecule has 2 heterocycles. The molecule has 0 bridgehead atoms. The van der Waals surface area contributed by atoms with Crippen LogP contribution in [0.4, 0.5) is 5.69 Å². The summed E-state index contributed by atoms with van der Waals surface area (Å²) in [5.74, 6) is 0.0892. The number of halogens is 1. The number of benzene rings is 2. The molecule has 2 fully saturated rings. The first kappa shape index (κ1) is 26.4. The molecule has 198 valence electrons. The fourth-order valence-electron chi connectivity index (χ4n) is 4.87. The van der Waals surface area contributed by atoms with Gasteiger partial charge >= 0.3 is 5.91 Å². The van der Waals surface area contributed by atoms with Crippen molar-refractivity contribution in [1.29, 1.82) is 0 Å². The maximum absolute atomic E-state index is 13.6. The Hall–Kier alpha value is -2.24. The third-order valence-electron chi connectivity index (χ3n) is 6.85. The van der Waals surface area contributed by atoms with Gasteiger partial charge in [-0.3, -0.25) is 4.79 Å². The second-order valence-corrected chi connectivity index (χ2v) is 13.1. The van der Waals surface area contributed by atoms with E-state index in [2.05, 4.69) is 10.3 Å². The summed E-state index contributed by atoms with van der Waals surface area (Å²) < 4.78 is 33.8. The van der Waals surface area contributed by atoms with Crippen molar-refractivity contribution in [3.8, 4) is 0 Å². The van der Waals surface area contributed by atoms with Gasteiger partial charge in [0.05, 0.1) is 24.0 Å². The molecule has 8 nitrogen and oxygen atoms in total. The molecule has 37 heavy (non-hydrogen) atoms. The van der Waals surface area contributed by atoms with E-state index in [1.165, 1.54) is 16.8 Å². The van der Waals surface area contributed by atoms with Crippen molar-refractivity contribution in [2.45, 2.75) is 36.7 Å². The van der Waals surface area contributed by atoms with E-state index in [1.54, 1.807) is 22.5 Å². The summed E-state index contributed by atoms with van der Waals surface area (Å²) in [5, 5.41) is 2.04. The first-order valence-electron chi connectivity index (χ1n) is 12.5. The molecule has 2 aliphatic heterocycles. The van der Waals surface area contributed by atoms with Gasteiger partial charge < -0.3 is 9.64 Å². The lowest BCUT2D eigenvalue weighted by Gasteiger charge is -2.40. The van der Waals surface area contributed by atoms with Crippen LogP contribution in [0.2, 0.25) is 5.02 Å². The number of amides is 1. The molecule has 5 rings (SSSR count). The number of ether oxygens (including phenoxy) is 1. The van der Waals surface area contributed by atoms with Crippen LogP contribution in [0.5, 0.6) is 0 Å². The Morgan fingerprint density at radius 1 is 1.00 bits per heavy atom. The predicted octanol–water partition coefficient (Wildman–Crippen LogP) is 4.06. The molecular weight excluding hydrogens is 532 g/mol. The number of hydrazine groups is 1. The SMILES string of the molecule is O=C1C(OC2CCCC2)=C(N2CCN(S(=O)(=O)CSc3ccccc3)CC2)CNN1c1cccc(Cl)c1. The van der Waals surface area contributed by atoms with Crippen molar-refractivity contribution >= 4 is 45.0 Å². The summed E-state index contributed by atoms with van der Waals surface area (Å²) >= 11 is 7.50. The quantitative estimate of drug-likeness (QED) is 0.486. The highest BCUT2D eigenvalue weighted by atomic mass is 35.5. The van der Waals surface area contributed by atoms with Crippen LogP contribution in [-0.4, -0.2) is 67.4 Å². The van der Waals surface area contributed by atoms with Crippen LogP contribution < -0.4 is 10.4 Å². The zero-order chi connectivity index (χ0) is 25.8. The normalized spacial score (nSPS) is 20.1. The first-order chi connectivity index (χ1) is 17.9. The lowest BCUT2D eigenvalue weighted by molar-refractivity contribution is -0.121. The zero-order valence-electron chi connectivity index (χ0n) is 20.5. The molecule has 3 aliphatic rings. The van der Waals surface area contributed by atoms with Gasteiger partial charge in [0, 0.05) is 36.1 Å². The summed E-state index contributed by atoms with van der Waals surface area (Å²) in [7, 11) is -3.41. The van der Waals surface area contributed by atoms with E-state index in [0.29, 0.717) is 49.2 Å². The van der Waals surface area contributed by atoms with Crippen molar-refractivity contribution in [1.82, 2.24) is 14.6 Å². The minimum absolute atomic E-state index is 0.00435. The van der Waals surface area contributed by atoms with Crippen LogP contribution in [0.3, 0.4) is 0 Å². The van der Waals surface area contributed by atoms with Crippen LogP contribution in [0.15, 0.2) is 70.9 Å². The Balaban J connectivity index is 1.30. The number of hydrogen-bond acceptors (Lipinski definition) is 7. The topological polar surface area (TPSA) is 82.2 Å². The van der Waals surface area contributed by atoms with E-state index in [0.717, 1.165) is 36.3 Å². The maximum atomic E-state index is 13.6. The number of thioether (sulfide) groups is 1. The van der Waals surface area contributed by atoms with Gasteiger partial charge in [-0.05, 0) is 56.0 Å². The van der Waals surface area contributed by atoms with Gasteiger partial charge in [0.1, 0.15) is 5.08 Å². The smallest absolute Gasteiger partial charge is 0.309 e. The van der Waals surface area contributed by atoms with Crippen LogP contribution in [0.1, 0.15) is 25.7 Å². The van der Waals surface area contributed by atoms with E-state index in [-0.39, 0.29) is 17.1 Å². The zero-order valence-corrected chi connectivity index (χ0v) is 22.9. The number of anilines is 1. The summed E-state index contributed by atoms with van der Waals surface area (Å²) in [6.45, 7) is 2.12. The van der Waals surface area contributed by atoms with Crippen molar-refractivity contribution < 1.29 is 17.9 Å². The number of carbonyl (C=O) groups is 1. The Labute approximate surface area is 227 Å². The highest BCUT2D eigenvalue weighted by Gasteiger charge is 2.36. The Bertz CT molecular complexity index is 1240. The van der Waals surface area contributed by atoms with Crippen molar-refractivity contribution in [3.63, 3.8) is 0 Å². The fourth-order valence-corrected chi connectivity index (χ4v) is 7.86. The molecule has 1 saturated carbocycles. The van der Waals surface area contributed by atoms with Crippen LogP contribution >= 0.6 is 23.4 Å². The van der Waals surface area contributed by atoms with E-state index < -0.39 is 10.0 Å². The summed E-state index contributed by atoms with van der Waals surface area (Å²) in [6.07, 6.45) is 4.06. The van der Waals surface area contributed by atoms with Gasteiger partial charge in [0.15, 0.2) is 0 Å². The second-order valence-electron chi connectivity index (χ2n) is 9.33. The minimum Gasteiger partial charge on any atom is -0.483 e. The second kappa shape index (κ2) is 11.7. The molecule has 2 aromatic carbocycles. The first-order valence-corrected chi connectivity index (χ1v) is 15.5. The lowest BCUT2D eigenvalue weighted by Crippen LogP contribution is -2.55. The molecule has 0 spiro atoms. The highest BCUT2D eigenvalue weighted by molar-refractivity contribution is 8.11. The van der Waals surface area contributed by atoms with Gasteiger partial charge in [-0.2, -0.15) is 4.31 Å². The molecule has 1 aliphatic carbocycles. The number of rotatable bonds is 8. The Morgan fingerprint density at radius 2 is 1.73 bits per heavy atom. The van der Waals surface area contributed by atoms with Gasteiger partial charge in [-0.15, -0.1) is 11.8 Å². The van der Waals surface area contributed by atoms with Gasteiger partial charge in [0.25, 0.3) is 0 Å². The molecule has 1 N–H and O–H groups in total. The highest BCUT2D eigenvalue weighted by Crippen LogP contribution is 2.30. The number of carbonyl (C=O) groups excluding carboxylic acids is 1. The molecule has 0 aromatic heterocycles. The third-order valence-corrected chi connectivity index (χ3v) is 10.5. The van der Waals surface area contributed by atoms with Gasteiger partial charge in [-0.1, -0.05) is 35.9 Å². The maximum Gasteiger partial charge on any atom is 0.309 e. The average molecular weight is 563 g/mol. The molecule has 1 saturated heterocycles. The molecule has 0 atom stereocenters. The molecular formula is C26H31ClN4O4S2. The average Bonchev–Trinajstić information content (AvgIpc) is 3.43. The number of nitrogens with zero attached hydrogens (tertiary/aromatic N) is 3. The van der Waals surface area contributed by atoms with Gasteiger partial charge in [0.2, 0.25) is 15.8 Å². The van der Waals surface area contributed by atoms with Crippen LogP contribution in [-0.2, 0) is 19.6 Å². The third kappa shape index (κ3) is 6.26. The predicted molar refractivity (Wildman–Crippen MR) is 147 cm³/mol. The number of sulfonamides is 1. The Morgan fingerprint density at radius 3 is 2.43 bits per heavy atom. The fraction of sp³-hybridized carbons (Fsp3) is 0.423. The van der Waals surface area contributed by atoms with E-state index in [1.807, 2.05) is 36.4 Å². The van der Waals surface area contributed by atoms with Gasteiger partial charge in [-0.25, -0.2) is 18.9 Å². The molecule has 2 aromatic rings. The minimum atomic E-state index is -3.41. The van der Waals surface area contributed by atoms with Crippen LogP contribution in [0, 0.1) is 0 Å². The van der Waals surface area contributed by atoms with Crippen LogP contribution in [0.25, 0.3) is 0 Å². The summed E-state index contributed by atoms with van der Waals surface area (Å²) in [4.78, 5) is 16.6. The lowest BCUT2D eigenvalue weighted by atomic mass is 10.2. The monoisotopic (exact) mass is 562 g/mol. The molecule has 11 heteroatoms. The standard InChI is InChI=1S/C26H31ClN4O4S2/c27-20-7-6-8-21(17-20)31-26(32)25(35-22-9-4-5-10-22)24(18-28-31)29-13-15-30(16-14-29)37(33,34)19-36-23-11-2-1-3-12-23/h1-3,6-8,11-12,17,22,28H,4-5,9-10,13-16,18-19H2. The number of piperazine rings is 1. The molecule has 1 amide bonds. The van der Waals surface area contributed by atoms with E-state index in [9.17, 15) is 13.2 Å². The summed E-state index contributed by atoms with van der Waals surface area (Å²) in [5.41, 5.74) is 4.64.